The van der Waals surface area contributed by atoms with Crippen molar-refractivity contribution in [1.29, 1.82) is 0 Å². The fourth-order valence-corrected chi connectivity index (χ4v) is 5.19. The van der Waals surface area contributed by atoms with Crippen LogP contribution in [0.2, 0.25) is 15.1 Å². The third-order valence-electron chi connectivity index (χ3n) is 5.99. The van der Waals surface area contributed by atoms with E-state index in [9.17, 15) is 9.59 Å². The minimum atomic E-state index is -0.673. The lowest BCUT2D eigenvalue weighted by molar-refractivity contribution is -0.139. The monoisotopic (exact) mass is 576 g/mol. The SMILES string of the molecule is CC[C@H](C)NC(=O)[C@@H](Cc1ccccc1)N(Cc1cccc(Cl)c1)C(=O)CSCc1ccc(Cl)c(Cl)c1. The predicted molar refractivity (Wildman–Crippen MR) is 156 cm³/mol. The second kappa shape index (κ2) is 14.7. The second-order valence-corrected chi connectivity index (χ2v) is 11.2. The maximum atomic E-state index is 13.7. The van der Waals surface area contributed by atoms with Crippen molar-refractivity contribution in [3.8, 4) is 0 Å². The molecule has 3 aromatic rings. The molecular weight excluding hydrogens is 547 g/mol. The van der Waals surface area contributed by atoms with Crippen LogP contribution in [0.15, 0.2) is 72.8 Å². The number of carbonyl (C=O) groups excluding carboxylic acids is 2. The Morgan fingerprint density at radius 2 is 1.62 bits per heavy atom. The molecule has 3 aromatic carbocycles. The summed E-state index contributed by atoms with van der Waals surface area (Å²) in [5.74, 6) is 0.520. The lowest BCUT2D eigenvalue weighted by atomic mass is 10.0. The van der Waals surface area contributed by atoms with Gasteiger partial charge in [0.15, 0.2) is 0 Å². The lowest BCUT2D eigenvalue weighted by Gasteiger charge is -2.32. The fourth-order valence-electron chi connectivity index (χ4n) is 3.80. The van der Waals surface area contributed by atoms with E-state index in [1.807, 2.05) is 74.5 Å². The van der Waals surface area contributed by atoms with Crippen LogP contribution < -0.4 is 5.32 Å². The van der Waals surface area contributed by atoms with E-state index < -0.39 is 6.04 Å². The maximum Gasteiger partial charge on any atom is 0.243 e. The van der Waals surface area contributed by atoms with Crippen LogP contribution in [-0.4, -0.2) is 34.6 Å². The van der Waals surface area contributed by atoms with Crippen LogP contribution in [0.3, 0.4) is 0 Å². The van der Waals surface area contributed by atoms with E-state index >= 15 is 0 Å². The van der Waals surface area contributed by atoms with E-state index in [0.29, 0.717) is 27.2 Å². The smallest absolute Gasteiger partial charge is 0.243 e. The van der Waals surface area contributed by atoms with Crippen LogP contribution in [0.1, 0.15) is 37.0 Å². The Morgan fingerprint density at radius 1 is 0.892 bits per heavy atom. The highest BCUT2D eigenvalue weighted by Gasteiger charge is 2.31. The van der Waals surface area contributed by atoms with Crippen molar-refractivity contribution < 1.29 is 9.59 Å². The molecule has 0 radical (unpaired) electrons. The van der Waals surface area contributed by atoms with Crippen LogP contribution in [0.4, 0.5) is 0 Å². The summed E-state index contributed by atoms with van der Waals surface area (Å²) in [6.45, 7) is 4.26. The van der Waals surface area contributed by atoms with Gasteiger partial charge in [-0.15, -0.1) is 11.8 Å². The van der Waals surface area contributed by atoms with E-state index in [2.05, 4.69) is 5.32 Å². The van der Waals surface area contributed by atoms with Gasteiger partial charge in [-0.05, 0) is 54.3 Å². The van der Waals surface area contributed by atoms with E-state index in [1.165, 1.54) is 11.8 Å². The first-order chi connectivity index (χ1) is 17.8. The molecule has 0 saturated carbocycles. The molecule has 4 nitrogen and oxygen atoms in total. The minimum absolute atomic E-state index is 0.00192. The van der Waals surface area contributed by atoms with Crippen LogP contribution in [0.25, 0.3) is 0 Å². The standard InChI is InChI=1S/C29H31Cl3N2O2S/c1-3-20(2)33-29(36)27(16-21-8-5-4-6-9-21)34(17-22-10-7-11-24(30)14-22)28(35)19-37-18-23-12-13-25(31)26(32)15-23/h4-15,20,27H,3,16-19H2,1-2H3,(H,33,36)/t20-,27+/m0/s1. The third-order valence-corrected chi connectivity index (χ3v) is 7.96. The number of thioether (sulfide) groups is 1. The van der Waals surface area contributed by atoms with Gasteiger partial charge in [0.05, 0.1) is 15.8 Å². The van der Waals surface area contributed by atoms with Crippen LogP contribution in [-0.2, 0) is 28.3 Å². The highest BCUT2D eigenvalue weighted by molar-refractivity contribution is 7.99. The Labute approximate surface area is 238 Å². The van der Waals surface area contributed by atoms with Crippen LogP contribution in [0.5, 0.6) is 0 Å². The predicted octanol–water partition coefficient (Wildman–Crippen LogP) is 7.43. The van der Waals surface area contributed by atoms with E-state index in [4.69, 9.17) is 34.8 Å². The summed E-state index contributed by atoms with van der Waals surface area (Å²) < 4.78 is 0. The van der Waals surface area contributed by atoms with Gasteiger partial charge in [0, 0.05) is 29.8 Å². The van der Waals surface area contributed by atoms with Crippen molar-refractivity contribution in [2.45, 2.75) is 51.1 Å². The third kappa shape index (κ3) is 9.26. The number of hydrogen-bond acceptors (Lipinski definition) is 3. The van der Waals surface area contributed by atoms with E-state index in [-0.39, 0.29) is 30.2 Å². The van der Waals surface area contributed by atoms with Gasteiger partial charge in [-0.2, -0.15) is 0 Å². The highest BCUT2D eigenvalue weighted by Crippen LogP contribution is 2.25. The first-order valence-electron chi connectivity index (χ1n) is 12.2. The zero-order valence-corrected chi connectivity index (χ0v) is 24.0. The summed E-state index contributed by atoms with van der Waals surface area (Å²) in [5, 5.41) is 4.65. The van der Waals surface area contributed by atoms with Crippen LogP contribution in [0, 0.1) is 0 Å². The summed E-state index contributed by atoms with van der Waals surface area (Å²) in [4.78, 5) is 28.9. The van der Waals surface area contributed by atoms with Gasteiger partial charge in [-0.25, -0.2) is 0 Å². The average Bonchev–Trinajstić information content (AvgIpc) is 2.88. The Balaban J connectivity index is 1.85. The molecule has 0 aliphatic heterocycles. The van der Waals surface area contributed by atoms with Crippen molar-refractivity contribution in [1.82, 2.24) is 10.2 Å². The summed E-state index contributed by atoms with van der Waals surface area (Å²) in [6, 6.07) is 21.9. The number of hydrogen-bond donors (Lipinski definition) is 1. The summed E-state index contributed by atoms with van der Waals surface area (Å²) in [6.07, 6.45) is 1.21. The zero-order valence-electron chi connectivity index (χ0n) is 20.9. The number of halogens is 3. The van der Waals surface area contributed by atoms with Crippen molar-refractivity contribution in [2.24, 2.45) is 0 Å². The molecule has 0 unspecified atom stereocenters. The zero-order chi connectivity index (χ0) is 26.8. The van der Waals surface area contributed by atoms with Gasteiger partial charge in [-0.1, -0.05) is 90.3 Å². The van der Waals surface area contributed by atoms with E-state index in [0.717, 1.165) is 23.1 Å². The largest absolute Gasteiger partial charge is 0.352 e. The normalized spacial score (nSPS) is 12.6. The van der Waals surface area contributed by atoms with Gasteiger partial charge in [0.2, 0.25) is 11.8 Å². The number of rotatable bonds is 12. The quantitative estimate of drug-likeness (QED) is 0.243. The lowest BCUT2D eigenvalue weighted by Crippen LogP contribution is -2.52. The number of nitrogens with zero attached hydrogens (tertiary/aromatic N) is 1. The Hall–Kier alpha value is -2.18. The van der Waals surface area contributed by atoms with Crippen molar-refractivity contribution in [3.63, 3.8) is 0 Å². The molecule has 0 fully saturated rings. The topological polar surface area (TPSA) is 49.4 Å². The number of benzene rings is 3. The van der Waals surface area contributed by atoms with Crippen molar-refractivity contribution >= 4 is 58.4 Å². The first kappa shape index (κ1) is 29.4. The molecule has 2 atom stereocenters. The molecule has 0 heterocycles. The molecule has 8 heteroatoms. The molecule has 37 heavy (non-hydrogen) atoms. The average molecular weight is 578 g/mol. The van der Waals surface area contributed by atoms with Crippen molar-refractivity contribution in [3.05, 3.63) is 105 Å². The molecule has 0 bridgehead atoms. The molecule has 196 valence electrons. The van der Waals surface area contributed by atoms with Gasteiger partial charge in [0.1, 0.15) is 6.04 Å². The molecule has 0 aliphatic carbocycles. The molecule has 0 aliphatic rings. The van der Waals surface area contributed by atoms with E-state index in [1.54, 1.807) is 17.0 Å². The molecule has 3 rings (SSSR count). The number of nitrogens with one attached hydrogen (secondary N) is 1. The fraction of sp³-hybridized carbons (Fsp3) is 0.310. The molecule has 0 saturated heterocycles. The molecule has 0 aromatic heterocycles. The molecule has 0 spiro atoms. The molecular formula is C29H31Cl3N2O2S. The number of amides is 2. The first-order valence-corrected chi connectivity index (χ1v) is 14.5. The molecule has 2 amide bonds. The summed E-state index contributed by atoms with van der Waals surface area (Å²) in [7, 11) is 0. The maximum absolute atomic E-state index is 13.7. The summed E-state index contributed by atoms with van der Waals surface area (Å²) in [5.41, 5.74) is 2.83. The number of carbonyl (C=O) groups is 2. The van der Waals surface area contributed by atoms with Gasteiger partial charge >= 0.3 is 0 Å². The van der Waals surface area contributed by atoms with Crippen LogP contribution >= 0.6 is 46.6 Å². The van der Waals surface area contributed by atoms with Gasteiger partial charge in [0.25, 0.3) is 0 Å². The second-order valence-electron chi connectivity index (χ2n) is 8.92. The summed E-state index contributed by atoms with van der Waals surface area (Å²) >= 11 is 19.9. The molecule has 1 N–H and O–H groups in total. The Kier molecular flexibility index (Phi) is 11.7. The Morgan fingerprint density at radius 3 is 2.30 bits per heavy atom. The minimum Gasteiger partial charge on any atom is -0.352 e. The van der Waals surface area contributed by atoms with Gasteiger partial charge in [-0.3, -0.25) is 9.59 Å². The Bertz CT molecular complexity index is 1190. The van der Waals surface area contributed by atoms with Gasteiger partial charge < -0.3 is 10.2 Å². The van der Waals surface area contributed by atoms with Crippen molar-refractivity contribution in [2.75, 3.05) is 5.75 Å². The highest BCUT2D eigenvalue weighted by atomic mass is 35.5.